The van der Waals surface area contributed by atoms with Gasteiger partial charge < -0.3 is 5.32 Å². The minimum atomic E-state index is -0.114. The number of aromatic nitrogens is 3. The SMILES string of the molecule is CC(C)C(=O)NCCn1c(=O)n(Cc2ccccc2)c2cccnc21. The largest absolute Gasteiger partial charge is 0.354 e. The topological polar surface area (TPSA) is 68.9 Å². The van der Waals surface area contributed by atoms with Crippen molar-refractivity contribution in [2.45, 2.75) is 26.9 Å². The van der Waals surface area contributed by atoms with Crippen molar-refractivity contribution in [3.05, 3.63) is 64.7 Å². The molecule has 0 aliphatic rings. The van der Waals surface area contributed by atoms with E-state index in [-0.39, 0.29) is 17.5 Å². The van der Waals surface area contributed by atoms with Crippen molar-refractivity contribution in [2.75, 3.05) is 6.54 Å². The molecule has 3 rings (SSSR count). The van der Waals surface area contributed by atoms with E-state index >= 15 is 0 Å². The molecule has 2 heterocycles. The molecule has 0 atom stereocenters. The van der Waals surface area contributed by atoms with Gasteiger partial charge in [0.2, 0.25) is 5.91 Å². The summed E-state index contributed by atoms with van der Waals surface area (Å²) in [6, 6.07) is 13.6. The lowest BCUT2D eigenvalue weighted by atomic mass is 10.2. The van der Waals surface area contributed by atoms with Crippen molar-refractivity contribution >= 4 is 17.1 Å². The zero-order valence-corrected chi connectivity index (χ0v) is 14.5. The maximum atomic E-state index is 12.9. The Labute approximate surface area is 146 Å². The number of rotatable bonds is 6. The first-order chi connectivity index (χ1) is 12.1. The van der Waals surface area contributed by atoms with Crippen molar-refractivity contribution in [2.24, 2.45) is 5.92 Å². The molecule has 6 heteroatoms. The van der Waals surface area contributed by atoms with Gasteiger partial charge in [0.1, 0.15) is 0 Å². The standard InChI is InChI=1S/C19H22N4O2/c1-14(2)18(24)21-11-12-22-17-16(9-6-10-20-17)23(19(22)25)13-15-7-4-3-5-8-15/h3-10,14H,11-13H2,1-2H3,(H,21,24). The minimum absolute atomic E-state index is 0.0194. The van der Waals surface area contributed by atoms with Crippen LogP contribution in [0.5, 0.6) is 0 Å². The maximum Gasteiger partial charge on any atom is 0.330 e. The Hall–Kier alpha value is -2.89. The lowest BCUT2D eigenvalue weighted by molar-refractivity contribution is -0.124. The molecule has 0 aliphatic carbocycles. The fraction of sp³-hybridized carbons (Fsp3) is 0.316. The lowest BCUT2D eigenvalue weighted by Gasteiger charge is -2.08. The Bertz CT molecular complexity index is 925. The van der Waals surface area contributed by atoms with Crippen molar-refractivity contribution in [1.82, 2.24) is 19.4 Å². The number of hydrogen-bond acceptors (Lipinski definition) is 3. The number of fused-ring (bicyclic) bond motifs is 1. The van der Waals surface area contributed by atoms with Crippen LogP contribution in [0.4, 0.5) is 0 Å². The van der Waals surface area contributed by atoms with Gasteiger partial charge in [-0.2, -0.15) is 0 Å². The zero-order valence-electron chi connectivity index (χ0n) is 14.5. The van der Waals surface area contributed by atoms with Crippen molar-refractivity contribution in [3.8, 4) is 0 Å². The monoisotopic (exact) mass is 338 g/mol. The Balaban J connectivity index is 1.90. The summed E-state index contributed by atoms with van der Waals surface area (Å²) >= 11 is 0. The number of carbonyl (C=O) groups excluding carboxylic acids is 1. The second-order valence-electron chi connectivity index (χ2n) is 6.30. The van der Waals surface area contributed by atoms with E-state index in [4.69, 9.17) is 0 Å². The van der Waals surface area contributed by atoms with Crippen LogP contribution < -0.4 is 11.0 Å². The van der Waals surface area contributed by atoms with Crippen molar-refractivity contribution < 1.29 is 4.79 Å². The van der Waals surface area contributed by atoms with Crippen LogP contribution in [0, 0.1) is 5.92 Å². The van der Waals surface area contributed by atoms with Crippen molar-refractivity contribution in [3.63, 3.8) is 0 Å². The predicted octanol–water partition coefficient (Wildman–Crippen LogP) is 2.02. The number of hydrogen-bond donors (Lipinski definition) is 1. The van der Waals surface area contributed by atoms with Gasteiger partial charge in [-0.25, -0.2) is 9.78 Å². The van der Waals surface area contributed by atoms with E-state index in [1.54, 1.807) is 15.3 Å². The van der Waals surface area contributed by atoms with Gasteiger partial charge in [0.15, 0.2) is 5.65 Å². The molecule has 0 aliphatic heterocycles. The molecule has 0 saturated heterocycles. The summed E-state index contributed by atoms with van der Waals surface area (Å²) in [6.45, 7) is 4.97. The number of imidazole rings is 1. The summed E-state index contributed by atoms with van der Waals surface area (Å²) in [6.07, 6.45) is 1.68. The smallest absolute Gasteiger partial charge is 0.330 e. The quantitative estimate of drug-likeness (QED) is 0.747. The average molecular weight is 338 g/mol. The first-order valence-corrected chi connectivity index (χ1v) is 8.43. The summed E-state index contributed by atoms with van der Waals surface area (Å²) in [5, 5.41) is 2.85. The van der Waals surface area contributed by atoms with E-state index in [0.29, 0.717) is 25.3 Å². The molecule has 1 N–H and O–H groups in total. The summed E-state index contributed by atoms with van der Waals surface area (Å²) in [5.74, 6) is -0.0942. The van der Waals surface area contributed by atoms with E-state index < -0.39 is 0 Å². The Morgan fingerprint density at radius 2 is 1.88 bits per heavy atom. The molecule has 2 aromatic heterocycles. The summed E-state index contributed by atoms with van der Waals surface area (Å²) in [7, 11) is 0. The van der Waals surface area contributed by atoms with Crippen LogP contribution in [0.3, 0.4) is 0 Å². The second-order valence-corrected chi connectivity index (χ2v) is 6.30. The molecule has 1 amide bonds. The Morgan fingerprint density at radius 3 is 2.60 bits per heavy atom. The second kappa shape index (κ2) is 7.34. The first kappa shape index (κ1) is 17.0. The molecule has 0 saturated carbocycles. The number of carbonyl (C=O) groups is 1. The molecule has 0 fully saturated rings. The highest BCUT2D eigenvalue weighted by Gasteiger charge is 2.14. The van der Waals surface area contributed by atoms with Crippen molar-refractivity contribution in [1.29, 1.82) is 0 Å². The van der Waals surface area contributed by atoms with Crippen LogP contribution in [0.25, 0.3) is 11.2 Å². The van der Waals surface area contributed by atoms with Crippen LogP contribution in [-0.2, 0) is 17.9 Å². The third kappa shape index (κ3) is 3.63. The number of amides is 1. The highest BCUT2D eigenvalue weighted by atomic mass is 16.2. The molecule has 25 heavy (non-hydrogen) atoms. The van der Waals surface area contributed by atoms with Gasteiger partial charge in [-0.15, -0.1) is 0 Å². The van der Waals surface area contributed by atoms with Crippen LogP contribution in [0.2, 0.25) is 0 Å². The van der Waals surface area contributed by atoms with Gasteiger partial charge in [0, 0.05) is 25.2 Å². The normalized spacial score (nSPS) is 11.2. The van der Waals surface area contributed by atoms with E-state index in [1.165, 1.54) is 0 Å². The highest BCUT2D eigenvalue weighted by molar-refractivity contribution is 5.77. The van der Waals surface area contributed by atoms with E-state index in [1.807, 2.05) is 56.3 Å². The van der Waals surface area contributed by atoms with E-state index in [0.717, 1.165) is 11.1 Å². The summed E-state index contributed by atoms with van der Waals surface area (Å²) < 4.78 is 3.35. The third-order valence-corrected chi connectivity index (χ3v) is 4.12. The Morgan fingerprint density at radius 1 is 1.12 bits per heavy atom. The Kier molecular flexibility index (Phi) is 4.97. The van der Waals surface area contributed by atoms with Crippen LogP contribution >= 0.6 is 0 Å². The molecule has 0 unspecified atom stereocenters. The molecule has 3 aromatic rings. The molecule has 0 spiro atoms. The fourth-order valence-corrected chi connectivity index (χ4v) is 2.76. The zero-order chi connectivity index (χ0) is 17.8. The van der Waals surface area contributed by atoms with Gasteiger partial charge in [0.25, 0.3) is 0 Å². The predicted molar refractivity (Wildman–Crippen MR) is 97.4 cm³/mol. The van der Waals surface area contributed by atoms with Gasteiger partial charge in [-0.05, 0) is 17.7 Å². The van der Waals surface area contributed by atoms with E-state index in [2.05, 4.69) is 10.3 Å². The molecular formula is C19H22N4O2. The van der Waals surface area contributed by atoms with Crippen LogP contribution in [-0.4, -0.2) is 26.6 Å². The maximum absolute atomic E-state index is 12.9. The highest BCUT2D eigenvalue weighted by Crippen LogP contribution is 2.12. The lowest BCUT2D eigenvalue weighted by Crippen LogP contribution is -2.33. The number of benzene rings is 1. The molecule has 6 nitrogen and oxygen atoms in total. The molecule has 1 aromatic carbocycles. The molecular weight excluding hydrogens is 316 g/mol. The van der Waals surface area contributed by atoms with E-state index in [9.17, 15) is 9.59 Å². The van der Waals surface area contributed by atoms with Crippen LogP contribution in [0.15, 0.2) is 53.5 Å². The first-order valence-electron chi connectivity index (χ1n) is 8.43. The summed E-state index contributed by atoms with van der Waals surface area (Å²) in [5.41, 5.74) is 2.38. The number of nitrogens with one attached hydrogen (secondary N) is 1. The molecule has 0 bridgehead atoms. The fourth-order valence-electron chi connectivity index (χ4n) is 2.76. The number of pyridine rings is 1. The molecule has 130 valence electrons. The number of nitrogens with zero attached hydrogens (tertiary/aromatic N) is 3. The van der Waals surface area contributed by atoms with Gasteiger partial charge in [0.05, 0.1) is 12.1 Å². The average Bonchev–Trinajstić information content (AvgIpc) is 2.88. The summed E-state index contributed by atoms with van der Waals surface area (Å²) in [4.78, 5) is 29.0. The molecule has 0 radical (unpaired) electrons. The minimum Gasteiger partial charge on any atom is -0.354 e. The third-order valence-electron chi connectivity index (χ3n) is 4.12. The van der Waals surface area contributed by atoms with Gasteiger partial charge in [-0.1, -0.05) is 44.2 Å². The van der Waals surface area contributed by atoms with Gasteiger partial charge in [-0.3, -0.25) is 13.9 Å². The van der Waals surface area contributed by atoms with Crippen LogP contribution in [0.1, 0.15) is 19.4 Å². The van der Waals surface area contributed by atoms with Gasteiger partial charge >= 0.3 is 5.69 Å².